The SMILES string of the molecule is S=C(Nc1ccc(I)cc1)N1CCn2cccc2[C@@H]1c1cccs1. The second kappa shape index (κ2) is 6.85. The second-order valence-corrected chi connectivity index (χ2v) is 8.29. The second-order valence-electron chi connectivity index (χ2n) is 5.67. The minimum absolute atomic E-state index is 0.178. The van der Waals surface area contributed by atoms with E-state index in [-0.39, 0.29) is 6.04 Å². The average Bonchev–Trinajstić information content (AvgIpc) is 3.27. The molecule has 0 saturated carbocycles. The Kier molecular flexibility index (Phi) is 4.60. The molecule has 0 fully saturated rings. The fourth-order valence-corrected chi connectivity index (χ4v) is 4.60. The number of benzene rings is 1. The molecule has 1 aliphatic heterocycles. The van der Waals surface area contributed by atoms with Gasteiger partial charge in [0.25, 0.3) is 0 Å². The van der Waals surface area contributed by atoms with Crippen LogP contribution in [0.2, 0.25) is 0 Å². The van der Waals surface area contributed by atoms with Crippen LogP contribution < -0.4 is 5.32 Å². The Bertz CT molecular complexity index is 840. The molecule has 0 radical (unpaired) electrons. The van der Waals surface area contributed by atoms with Gasteiger partial charge < -0.3 is 14.8 Å². The van der Waals surface area contributed by atoms with Gasteiger partial charge in [0, 0.05) is 39.1 Å². The lowest BCUT2D eigenvalue weighted by molar-refractivity contribution is 0.297. The van der Waals surface area contributed by atoms with Gasteiger partial charge in [-0.2, -0.15) is 0 Å². The molecule has 0 bridgehead atoms. The first kappa shape index (κ1) is 16.1. The fourth-order valence-electron chi connectivity index (χ4n) is 3.08. The van der Waals surface area contributed by atoms with Gasteiger partial charge in [-0.25, -0.2) is 0 Å². The number of rotatable bonds is 2. The van der Waals surface area contributed by atoms with Crippen LogP contribution in [0.4, 0.5) is 5.69 Å². The predicted octanol–water partition coefficient (Wildman–Crippen LogP) is 4.96. The van der Waals surface area contributed by atoms with E-state index in [9.17, 15) is 0 Å². The minimum Gasteiger partial charge on any atom is -0.347 e. The molecule has 2 aromatic heterocycles. The first-order valence-corrected chi connectivity index (χ1v) is 10.1. The number of fused-ring (bicyclic) bond motifs is 1. The summed E-state index contributed by atoms with van der Waals surface area (Å²) >= 11 is 9.84. The van der Waals surface area contributed by atoms with E-state index in [1.165, 1.54) is 14.1 Å². The van der Waals surface area contributed by atoms with Gasteiger partial charge in [-0.05, 0) is 82.7 Å². The maximum absolute atomic E-state index is 5.75. The van der Waals surface area contributed by atoms with E-state index in [0.717, 1.165) is 23.9 Å². The van der Waals surface area contributed by atoms with E-state index >= 15 is 0 Å². The van der Waals surface area contributed by atoms with Crippen LogP contribution in [0.5, 0.6) is 0 Å². The van der Waals surface area contributed by atoms with Gasteiger partial charge in [0.2, 0.25) is 0 Å². The van der Waals surface area contributed by atoms with E-state index in [1.54, 1.807) is 11.3 Å². The topological polar surface area (TPSA) is 20.2 Å². The number of hydrogen-bond donors (Lipinski definition) is 1. The maximum Gasteiger partial charge on any atom is 0.174 e. The number of aromatic nitrogens is 1. The molecule has 3 aromatic rings. The zero-order valence-corrected chi connectivity index (χ0v) is 16.6. The molecule has 122 valence electrons. The lowest BCUT2D eigenvalue weighted by Crippen LogP contribution is -2.44. The Hall–Kier alpha value is -1.38. The normalized spacial score (nSPS) is 16.7. The first-order chi connectivity index (χ1) is 11.7. The van der Waals surface area contributed by atoms with E-state index < -0.39 is 0 Å². The number of nitrogens with zero attached hydrogens (tertiary/aromatic N) is 2. The molecule has 1 atom stereocenters. The molecule has 4 rings (SSSR count). The van der Waals surface area contributed by atoms with Crippen molar-refractivity contribution >= 4 is 56.9 Å². The summed E-state index contributed by atoms with van der Waals surface area (Å²) in [5, 5.41) is 6.31. The molecule has 6 heteroatoms. The van der Waals surface area contributed by atoms with Gasteiger partial charge in [0.15, 0.2) is 5.11 Å². The van der Waals surface area contributed by atoms with Crippen molar-refractivity contribution in [2.75, 3.05) is 11.9 Å². The van der Waals surface area contributed by atoms with Crippen molar-refractivity contribution in [3.8, 4) is 0 Å². The van der Waals surface area contributed by atoms with Crippen LogP contribution in [0, 0.1) is 3.57 Å². The highest BCUT2D eigenvalue weighted by Gasteiger charge is 2.31. The van der Waals surface area contributed by atoms with Gasteiger partial charge in [0.05, 0.1) is 0 Å². The lowest BCUT2D eigenvalue weighted by Gasteiger charge is -2.38. The minimum atomic E-state index is 0.178. The van der Waals surface area contributed by atoms with Crippen molar-refractivity contribution in [3.05, 3.63) is 74.2 Å². The Morgan fingerprint density at radius 2 is 1.96 bits per heavy atom. The molecular formula is C18H16IN3S2. The summed E-state index contributed by atoms with van der Waals surface area (Å²) in [6.45, 7) is 1.86. The molecule has 1 aromatic carbocycles. The van der Waals surface area contributed by atoms with Crippen molar-refractivity contribution < 1.29 is 0 Å². The molecule has 3 nitrogen and oxygen atoms in total. The molecule has 1 aliphatic rings. The Labute approximate surface area is 164 Å². The van der Waals surface area contributed by atoms with E-state index in [1.807, 2.05) is 0 Å². The van der Waals surface area contributed by atoms with Crippen molar-refractivity contribution in [2.24, 2.45) is 0 Å². The predicted molar refractivity (Wildman–Crippen MR) is 113 cm³/mol. The van der Waals surface area contributed by atoms with Crippen molar-refractivity contribution in [2.45, 2.75) is 12.6 Å². The van der Waals surface area contributed by atoms with E-state index in [2.05, 4.69) is 97.5 Å². The number of hydrogen-bond acceptors (Lipinski definition) is 2. The third-order valence-electron chi connectivity index (χ3n) is 4.21. The number of halogens is 1. The van der Waals surface area contributed by atoms with Crippen LogP contribution in [0.3, 0.4) is 0 Å². The molecule has 24 heavy (non-hydrogen) atoms. The summed E-state index contributed by atoms with van der Waals surface area (Å²) < 4.78 is 3.55. The van der Waals surface area contributed by atoms with Crippen LogP contribution >= 0.6 is 46.1 Å². The monoisotopic (exact) mass is 465 g/mol. The van der Waals surface area contributed by atoms with Crippen LogP contribution in [0.15, 0.2) is 60.1 Å². The molecule has 0 spiro atoms. The van der Waals surface area contributed by atoms with Crippen molar-refractivity contribution in [1.82, 2.24) is 9.47 Å². The third kappa shape index (κ3) is 3.10. The van der Waals surface area contributed by atoms with E-state index in [4.69, 9.17) is 12.2 Å². The van der Waals surface area contributed by atoms with Gasteiger partial charge in [0.1, 0.15) is 6.04 Å². The highest BCUT2D eigenvalue weighted by atomic mass is 127. The van der Waals surface area contributed by atoms with Gasteiger partial charge in [-0.1, -0.05) is 6.07 Å². The van der Waals surface area contributed by atoms with Crippen molar-refractivity contribution in [1.29, 1.82) is 0 Å². The molecular weight excluding hydrogens is 449 g/mol. The van der Waals surface area contributed by atoms with Crippen molar-refractivity contribution in [3.63, 3.8) is 0 Å². The fraction of sp³-hybridized carbons (Fsp3) is 0.167. The number of anilines is 1. The summed E-state index contributed by atoms with van der Waals surface area (Å²) in [7, 11) is 0. The third-order valence-corrected chi connectivity index (χ3v) is 6.19. The summed E-state index contributed by atoms with van der Waals surface area (Å²) in [6.07, 6.45) is 2.16. The highest BCUT2D eigenvalue weighted by molar-refractivity contribution is 14.1. The summed E-state index contributed by atoms with van der Waals surface area (Å²) in [6, 6.07) is 17.1. The molecule has 3 heterocycles. The van der Waals surface area contributed by atoms with Gasteiger partial charge >= 0.3 is 0 Å². The van der Waals surface area contributed by atoms with Gasteiger partial charge in [-0.15, -0.1) is 11.3 Å². The zero-order chi connectivity index (χ0) is 16.5. The number of thiophene rings is 1. The summed E-state index contributed by atoms with van der Waals surface area (Å²) in [5.74, 6) is 0. The standard InChI is InChI=1S/C18H16IN3S2/c19-13-5-7-14(8-6-13)20-18(23)22-11-10-21-9-1-3-15(21)17(22)16-4-2-12-24-16/h1-9,12,17H,10-11H2,(H,20,23)/t17-/m1/s1. The quantitative estimate of drug-likeness (QED) is 0.427. The zero-order valence-electron chi connectivity index (χ0n) is 12.9. The molecule has 0 amide bonds. The first-order valence-electron chi connectivity index (χ1n) is 7.74. The van der Waals surface area contributed by atoms with Crippen LogP contribution in [0.25, 0.3) is 0 Å². The maximum atomic E-state index is 5.75. The molecule has 0 aliphatic carbocycles. The highest BCUT2D eigenvalue weighted by Crippen LogP contribution is 2.35. The van der Waals surface area contributed by atoms with Gasteiger partial charge in [-0.3, -0.25) is 0 Å². The number of thiocarbonyl (C=S) groups is 1. The Balaban J connectivity index is 1.63. The average molecular weight is 465 g/mol. The summed E-state index contributed by atoms with van der Waals surface area (Å²) in [4.78, 5) is 3.62. The Morgan fingerprint density at radius 3 is 2.71 bits per heavy atom. The molecule has 0 unspecified atom stereocenters. The van der Waals surface area contributed by atoms with Crippen LogP contribution in [0.1, 0.15) is 16.6 Å². The lowest BCUT2D eigenvalue weighted by atomic mass is 10.1. The van der Waals surface area contributed by atoms with Crippen LogP contribution in [-0.2, 0) is 6.54 Å². The molecule has 0 saturated heterocycles. The van der Waals surface area contributed by atoms with Crippen LogP contribution in [-0.4, -0.2) is 21.1 Å². The molecule has 1 N–H and O–H groups in total. The number of nitrogens with one attached hydrogen (secondary N) is 1. The van der Waals surface area contributed by atoms with E-state index in [0.29, 0.717) is 0 Å². The Morgan fingerprint density at radius 1 is 1.12 bits per heavy atom. The summed E-state index contributed by atoms with van der Waals surface area (Å²) in [5.41, 5.74) is 2.33. The largest absolute Gasteiger partial charge is 0.347 e. The smallest absolute Gasteiger partial charge is 0.174 e.